The Labute approximate surface area is 121 Å². The fourth-order valence-electron chi connectivity index (χ4n) is 3.17. The average molecular weight is 281 g/mol. The summed E-state index contributed by atoms with van der Waals surface area (Å²) in [5, 5.41) is 0. The van der Waals surface area contributed by atoms with Crippen molar-refractivity contribution in [2.24, 2.45) is 0 Å². The first-order chi connectivity index (χ1) is 9.59. The minimum absolute atomic E-state index is 0.0555. The van der Waals surface area contributed by atoms with Crippen LogP contribution in [-0.4, -0.2) is 71.8 Å². The fourth-order valence-corrected chi connectivity index (χ4v) is 3.17. The zero-order valence-electron chi connectivity index (χ0n) is 12.8. The van der Waals surface area contributed by atoms with Crippen LogP contribution in [-0.2, 0) is 9.59 Å². The van der Waals surface area contributed by atoms with Crippen molar-refractivity contribution in [2.75, 3.05) is 39.3 Å². The molecule has 2 saturated heterocycles. The van der Waals surface area contributed by atoms with Gasteiger partial charge in [-0.15, -0.1) is 0 Å². The summed E-state index contributed by atoms with van der Waals surface area (Å²) in [5.74, 6) is 0.405. The molecule has 1 unspecified atom stereocenters. The van der Waals surface area contributed by atoms with Crippen LogP contribution in [0.3, 0.4) is 0 Å². The zero-order chi connectivity index (χ0) is 14.5. The maximum atomic E-state index is 12.5. The van der Waals surface area contributed by atoms with Crippen LogP contribution in [0.2, 0.25) is 0 Å². The molecule has 0 aromatic rings. The summed E-state index contributed by atoms with van der Waals surface area (Å²) in [5.41, 5.74) is 0. The van der Waals surface area contributed by atoms with Gasteiger partial charge in [-0.2, -0.15) is 0 Å². The van der Waals surface area contributed by atoms with E-state index in [-0.39, 0.29) is 17.9 Å². The van der Waals surface area contributed by atoms with E-state index < -0.39 is 0 Å². The molecule has 0 aliphatic carbocycles. The molecular formula is C15H27N3O2. The molecule has 0 saturated carbocycles. The molecule has 2 amide bonds. The molecule has 0 bridgehead atoms. The van der Waals surface area contributed by atoms with Crippen molar-refractivity contribution in [3.63, 3.8) is 0 Å². The number of hydrogen-bond donors (Lipinski definition) is 0. The second-order valence-electron chi connectivity index (χ2n) is 5.96. The second-order valence-corrected chi connectivity index (χ2v) is 5.96. The van der Waals surface area contributed by atoms with Crippen molar-refractivity contribution in [2.45, 2.75) is 45.6 Å². The minimum atomic E-state index is -0.0555. The molecule has 2 aliphatic heterocycles. The van der Waals surface area contributed by atoms with Gasteiger partial charge < -0.3 is 9.80 Å². The Morgan fingerprint density at radius 2 is 1.45 bits per heavy atom. The van der Waals surface area contributed by atoms with Crippen molar-refractivity contribution >= 4 is 11.8 Å². The minimum Gasteiger partial charge on any atom is -0.342 e. The fraction of sp³-hybridized carbons (Fsp3) is 0.867. The van der Waals surface area contributed by atoms with E-state index in [0.29, 0.717) is 0 Å². The van der Waals surface area contributed by atoms with Gasteiger partial charge in [0, 0.05) is 46.2 Å². The summed E-state index contributed by atoms with van der Waals surface area (Å²) in [6.07, 6.45) is 4.47. The van der Waals surface area contributed by atoms with Gasteiger partial charge in [0.05, 0.1) is 6.04 Å². The largest absolute Gasteiger partial charge is 0.342 e. The Morgan fingerprint density at radius 3 is 2.10 bits per heavy atom. The van der Waals surface area contributed by atoms with Gasteiger partial charge in [0.15, 0.2) is 0 Å². The Balaban J connectivity index is 1.89. The van der Waals surface area contributed by atoms with Gasteiger partial charge in [0.1, 0.15) is 0 Å². The number of likely N-dealkylation sites (tertiary alicyclic amines) is 1. The first kappa shape index (κ1) is 15.3. The topological polar surface area (TPSA) is 43.9 Å². The Morgan fingerprint density at radius 1 is 0.800 bits per heavy atom. The van der Waals surface area contributed by atoms with Gasteiger partial charge in [0.25, 0.3) is 0 Å². The molecular weight excluding hydrogens is 254 g/mol. The van der Waals surface area contributed by atoms with E-state index in [1.165, 1.54) is 6.42 Å². The molecule has 0 aromatic heterocycles. The first-order valence-corrected chi connectivity index (χ1v) is 7.88. The van der Waals surface area contributed by atoms with Gasteiger partial charge in [-0.05, 0) is 32.6 Å². The normalized spacial score (nSPS) is 23.3. The maximum Gasteiger partial charge on any atom is 0.239 e. The summed E-state index contributed by atoms with van der Waals surface area (Å²) in [6.45, 7) is 8.74. The standard InChI is InChI=1S/C15H27N3O2/c1-13(15(20)18-7-4-3-5-8-18)16-9-6-10-17(12-11-16)14(2)19/h13H,3-12H2,1-2H3. The molecule has 114 valence electrons. The van der Waals surface area contributed by atoms with Crippen molar-refractivity contribution in [1.82, 2.24) is 14.7 Å². The highest BCUT2D eigenvalue weighted by atomic mass is 16.2. The molecule has 0 N–H and O–H groups in total. The molecule has 0 aromatic carbocycles. The van der Waals surface area contributed by atoms with Gasteiger partial charge in [-0.1, -0.05) is 0 Å². The molecule has 1 atom stereocenters. The summed E-state index contributed by atoms with van der Waals surface area (Å²) >= 11 is 0. The lowest BCUT2D eigenvalue weighted by Crippen LogP contribution is -2.49. The molecule has 2 rings (SSSR count). The number of amides is 2. The van der Waals surface area contributed by atoms with Gasteiger partial charge in [-0.25, -0.2) is 0 Å². The molecule has 2 fully saturated rings. The van der Waals surface area contributed by atoms with Crippen LogP contribution in [0.15, 0.2) is 0 Å². The summed E-state index contributed by atoms with van der Waals surface area (Å²) < 4.78 is 0. The number of rotatable bonds is 2. The van der Waals surface area contributed by atoms with Crippen molar-refractivity contribution < 1.29 is 9.59 Å². The number of piperidine rings is 1. The maximum absolute atomic E-state index is 12.5. The van der Waals surface area contributed by atoms with E-state index in [1.54, 1.807) is 6.92 Å². The smallest absolute Gasteiger partial charge is 0.239 e. The zero-order valence-corrected chi connectivity index (χ0v) is 12.8. The lowest BCUT2D eigenvalue weighted by Gasteiger charge is -2.34. The lowest BCUT2D eigenvalue weighted by molar-refractivity contribution is -0.137. The number of hydrogen-bond acceptors (Lipinski definition) is 3. The van der Waals surface area contributed by atoms with Crippen LogP contribution in [0.5, 0.6) is 0 Å². The predicted molar refractivity (Wildman–Crippen MR) is 78.3 cm³/mol. The van der Waals surface area contributed by atoms with Crippen molar-refractivity contribution in [1.29, 1.82) is 0 Å². The van der Waals surface area contributed by atoms with E-state index in [4.69, 9.17) is 0 Å². The van der Waals surface area contributed by atoms with E-state index in [2.05, 4.69) is 4.90 Å². The van der Waals surface area contributed by atoms with E-state index in [1.807, 2.05) is 16.7 Å². The summed E-state index contributed by atoms with van der Waals surface area (Å²) in [7, 11) is 0. The lowest BCUT2D eigenvalue weighted by atomic mass is 10.1. The van der Waals surface area contributed by atoms with Crippen LogP contribution in [0, 0.1) is 0 Å². The van der Waals surface area contributed by atoms with Crippen LogP contribution >= 0.6 is 0 Å². The highest BCUT2D eigenvalue weighted by molar-refractivity contribution is 5.81. The van der Waals surface area contributed by atoms with Crippen molar-refractivity contribution in [3.8, 4) is 0 Å². The Hall–Kier alpha value is -1.10. The third-order valence-electron chi connectivity index (χ3n) is 4.55. The van der Waals surface area contributed by atoms with Crippen molar-refractivity contribution in [3.05, 3.63) is 0 Å². The number of carbonyl (C=O) groups is 2. The molecule has 0 spiro atoms. The van der Waals surface area contributed by atoms with E-state index in [9.17, 15) is 9.59 Å². The molecule has 5 nitrogen and oxygen atoms in total. The predicted octanol–water partition coefficient (Wildman–Crippen LogP) is 0.942. The molecule has 5 heteroatoms. The highest BCUT2D eigenvalue weighted by Crippen LogP contribution is 2.14. The molecule has 0 radical (unpaired) electrons. The third kappa shape index (κ3) is 3.72. The Kier molecular flexibility index (Phi) is 5.40. The van der Waals surface area contributed by atoms with Crippen LogP contribution < -0.4 is 0 Å². The van der Waals surface area contributed by atoms with Crippen LogP contribution in [0.1, 0.15) is 39.5 Å². The molecule has 2 aliphatic rings. The third-order valence-corrected chi connectivity index (χ3v) is 4.55. The quantitative estimate of drug-likeness (QED) is 0.757. The molecule has 20 heavy (non-hydrogen) atoms. The summed E-state index contributed by atoms with van der Waals surface area (Å²) in [6, 6.07) is -0.0555. The Bertz CT molecular complexity index is 353. The number of nitrogens with zero attached hydrogens (tertiary/aromatic N) is 3. The van der Waals surface area contributed by atoms with Crippen LogP contribution in [0.4, 0.5) is 0 Å². The highest BCUT2D eigenvalue weighted by Gasteiger charge is 2.28. The van der Waals surface area contributed by atoms with Gasteiger partial charge in [0.2, 0.25) is 11.8 Å². The van der Waals surface area contributed by atoms with E-state index in [0.717, 1.165) is 58.5 Å². The first-order valence-electron chi connectivity index (χ1n) is 7.88. The van der Waals surface area contributed by atoms with Gasteiger partial charge in [-0.3, -0.25) is 14.5 Å². The SMILES string of the molecule is CC(=O)N1CCCN(C(C)C(=O)N2CCCCC2)CC1. The van der Waals surface area contributed by atoms with Crippen LogP contribution in [0.25, 0.3) is 0 Å². The average Bonchev–Trinajstić information content (AvgIpc) is 2.72. The van der Waals surface area contributed by atoms with Gasteiger partial charge >= 0.3 is 0 Å². The number of carbonyl (C=O) groups excluding carboxylic acids is 2. The molecule has 2 heterocycles. The second kappa shape index (κ2) is 7.07. The van der Waals surface area contributed by atoms with E-state index >= 15 is 0 Å². The monoisotopic (exact) mass is 281 g/mol. The summed E-state index contributed by atoms with van der Waals surface area (Å²) in [4.78, 5) is 30.1.